The van der Waals surface area contributed by atoms with Crippen LogP contribution in [0.4, 0.5) is 0 Å². The van der Waals surface area contributed by atoms with Gasteiger partial charge in [-0.25, -0.2) is 9.59 Å². The van der Waals surface area contributed by atoms with Crippen LogP contribution in [0.5, 0.6) is 11.5 Å². The first-order valence-corrected chi connectivity index (χ1v) is 10.8. The Morgan fingerprint density at radius 2 is 1.64 bits per heavy atom. The highest BCUT2D eigenvalue weighted by Gasteiger charge is 2.22. The Bertz CT molecular complexity index is 1300. The predicted octanol–water partition coefficient (Wildman–Crippen LogP) is 5.75. The minimum atomic E-state index is -0.568. The van der Waals surface area contributed by atoms with Crippen molar-refractivity contribution in [1.82, 2.24) is 4.57 Å². The van der Waals surface area contributed by atoms with Gasteiger partial charge < -0.3 is 18.8 Å². The van der Waals surface area contributed by atoms with E-state index in [-0.39, 0.29) is 13.2 Å². The number of carbonyl (C=O) groups is 2. The number of benzene rings is 3. The van der Waals surface area contributed by atoms with Crippen molar-refractivity contribution in [3.63, 3.8) is 0 Å². The van der Waals surface area contributed by atoms with E-state index in [9.17, 15) is 9.59 Å². The maximum absolute atomic E-state index is 12.8. The third-order valence-corrected chi connectivity index (χ3v) is 5.32. The lowest BCUT2D eigenvalue weighted by atomic mass is 10.1. The van der Waals surface area contributed by atoms with Gasteiger partial charge in [-0.05, 0) is 68.4 Å². The molecular formula is C26H22ClNO5. The van der Waals surface area contributed by atoms with Gasteiger partial charge in [0.25, 0.3) is 0 Å². The zero-order chi connectivity index (χ0) is 23.4. The van der Waals surface area contributed by atoms with Crippen molar-refractivity contribution in [3.8, 4) is 17.2 Å². The maximum atomic E-state index is 12.8. The number of halogens is 1. The standard InChI is InChI=1S/C26H22ClNO5/c1-3-31-26(30)25-17(2)28(19-7-5-4-6-8-19)23-14-13-21(15-22(23)25)33-24(29)16-32-20-11-9-18(27)10-12-20/h4-15H,3,16H2,1-2H3. The molecule has 168 valence electrons. The molecule has 6 nitrogen and oxygen atoms in total. The van der Waals surface area contributed by atoms with Crippen molar-refractivity contribution in [2.45, 2.75) is 13.8 Å². The Kier molecular flexibility index (Phi) is 6.66. The molecule has 1 aromatic heterocycles. The number of esters is 2. The Balaban J connectivity index is 1.64. The van der Waals surface area contributed by atoms with E-state index in [1.165, 1.54) is 0 Å². The summed E-state index contributed by atoms with van der Waals surface area (Å²) in [6.07, 6.45) is 0. The van der Waals surface area contributed by atoms with E-state index in [4.69, 9.17) is 25.8 Å². The van der Waals surface area contributed by atoms with Gasteiger partial charge in [0.2, 0.25) is 0 Å². The largest absolute Gasteiger partial charge is 0.482 e. The minimum absolute atomic E-state index is 0.257. The van der Waals surface area contributed by atoms with Gasteiger partial charge >= 0.3 is 11.9 Å². The number of carbonyl (C=O) groups excluding carboxylic acids is 2. The van der Waals surface area contributed by atoms with E-state index in [1.807, 2.05) is 47.9 Å². The fourth-order valence-corrected chi connectivity index (χ4v) is 3.79. The maximum Gasteiger partial charge on any atom is 0.349 e. The third-order valence-electron chi connectivity index (χ3n) is 5.07. The van der Waals surface area contributed by atoms with Gasteiger partial charge in [-0.1, -0.05) is 29.8 Å². The van der Waals surface area contributed by atoms with Gasteiger partial charge in [0.05, 0.1) is 17.7 Å². The van der Waals surface area contributed by atoms with Crippen LogP contribution in [0.1, 0.15) is 23.0 Å². The Morgan fingerprint density at radius 1 is 0.939 bits per heavy atom. The number of hydrogen-bond acceptors (Lipinski definition) is 5. The summed E-state index contributed by atoms with van der Waals surface area (Å²) in [4.78, 5) is 25.1. The second-order valence-corrected chi connectivity index (χ2v) is 7.68. The van der Waals surface area contributed by atoms with Crippen molar-refractivity contribution in [2.24, 2.45) is 0 Å². The summed E-state index contributed by atoms with van der Waals surface area (Å²) < 4.78 is 18.2. The third kappa shape index (κ3) is 4.86. The van der Waals surface area contributed by atoms with Crippen molar-refractivity contribution in [2.75, 3.05) is 13.2 Å². The molecule has 3 aromatic carbocycles. The van der Waals surface area contributed by atoms with E-state index in [1.54, 1.807) is 43.3 Å². The summed E-state index contributed by atoms with van der Waals surface area (Å²) in [5.74, 6) is -0.180. The number of nitrogens with zero attached hydrogens (tertiary/aromatic N) is 1. The van der Waals surface area contributed by atoms with Crippen LogP contribution in [-0.4, -0.2) is 29.7 Å². The molecule has 0 aliphatic carbocycles. The van der Waals surface area contributed by atoms with Crippen molar-refractivity contribution < 1.29 is 23.8 Å². The zero-order valence-electron chi connectivity index (χ0n) is 18.2. The molecule has 0 aliphatic rings. The topological polar surface area (TPSA) is 66.8 Å². The lowest BCUT2D eigenvalue weighted by molar-refractivity contribution is -0.136. The molecule has 0 aliphatic heterocycles. The van der Waals surface area contributed by atoms with Crippen LogP contribution in [0.3, 0.4) is 0 Å². The van der Waals surface area contributed by atoms with E-state index in [2.05, 4.69) is 0 Å². The average Bonchev–Trinajstić information content (AvgIpc) is 3.10. The molecule has 7 heteroatoms. The SMILES string of the molecule is CCOC(=O)c1c(C)n(-c2ccccc2)c2ccc(OC(=O)COc3ccc(Cl)cc3)cc12. The van der Waals surface area contributed by atoms with Crippen molar-refractivity contribution in [3.05, 3.63) is 89.1 Å². The molecule has 0 unspecified atom stereocenters. The number of rotatable bonds is 7. The lowest BCUT2D eigenvalue weighted by Gasteiger charge is -2.09. The van der Waals surface area contributed by atoms with Crippen LogP contribution in [0, 0.1) is 6.92 Å². The number of fused-ring (bicyclic) bond motifs is 1. The summed E-state index contributed by atoms with van der Waals surface area (Å²) >= 11 is 5.85. The average molecular weight is 464 g/mol. The van der Waals surface area contributed by atoms with E-state index in [0.29, 0.717) is 27.5 Å². The fourth-order valence-electron chi connectivity index (χ4n) is 3.67. The molecule has 0 spiro atoms. The first-order valence-electron chi connectivity index (χ1n) is 10.4. The molecule has 0 saturated carbocycles. The predicted molar refractivity (Wildman–Crippen MR) is 127 cm³/mol. The molecule has 0 bridgehead atoms. The summed E-state index contributed by atoms with van der Waals surface area (Å²) in [6.45, 7) is 3.61. The second kappa shape index (κ2) is 9.79. The van der Waals surface area contributed by atoms with E-state index >= 15 is 0 Å². The van der Waals surface area contributed by atoms with Crippen molar-refractivity contribution >= 4 is 34.4 Å². The van der Waals surface area contributed by atoms with Crippen LogP contribution < -0.4 is 9.47 Å². The van der Waals surface area contributed by atoms with E-state index in [0.717, 1.165) is 16.9 Å². The van der Waals surface area contributed by atoms with Gasteiger partial charge in [0, 0.05) is 21.8 Å². The summed E-state index contributed by atoms with van der Waals surface area (Å²) in [7, 11) is 0. The lowest BCUT2D eigenvalue weighted by Crippen LogP contribution is -2.17. The molecule has 0 atom stereocenters. The van der Waals surface area contributed by atoms with Crippen LogP contribution in [0.25, 0.3) is 16.6 Å². The number of aromatic nitrogens is 1. The first kappa shape index (κ1) is 22.4. The molecule has 0 fully saturated rings. The number of para-hydroxylation sites is 1. The van der Waals surface area contributed by atoms with Crippen LogP contribution in [0.2, 0.25) is 5.02 Å². The highest BCUT2D eigenvalue weighted by Crippen LogP contribution is 2.32. The van der Waals surface area contributed by atoms with Crippen LogP contribution in [-0.2, 0) is 9.53 Å². The Morgan fingerprint density at radius 3 is 2.33 bits per heavy atom. The molecule has 33 heavy (non-hydrogen) atoms. The highest BCUT2D eigenvalue weighted by molar-refractivity contribution is 6.30. The number of ether oxygens (including phenoxy) is 3. The van der Waals surface area contributed by atoms with Gasteiger partial charge in [0.15, 0.2) is 6.61 Å². The molecular weight excluding hydrogens is 442 g/mol. The van der Waals surface area contributed by atoms with Crippen LogP contribution in [0.15, 0.2) is 72.8 Å². The molecule has 0 N–H and O–H groups in total. The van der Waals surface area contributed by atoms with Crippen LogP contribution >= 0.6 is 11.6 Å². The van der Waals surface area contributed by atoms with Gasteiger partial charge in [-0.3, -0.25) is 0 Å². The van der Waals surface area contributed by atoms with E-state index < -0.39 is 11.9 Å². The van der Waals surface area contributed by atoms with Gasteiger partial charge in [0.1, 0.15) is 11.5 Å². The molecule has 0 saturated heterocycles. The second-order valence-electron chi connectivity index (χ2n) is 7.25. The molecule has 1 heterocycles. The van der Waals surface area contributed by atoms with Gasteiger partial charge in [-0.15, -0.1) is 0 Å². The summed E-state index contributed by atoms with van der Waals surface area (Å²) in [5.41, 5.74) is 2.89. The number of hydrogen-bond donors (Lipinski definition) is 0. The smallest absolute Gasteiger partial charge is 0.349 e. The summed E-state index contributed by atoms with van der Waals surface area (Å²) in [5, 5.41) is 1.21. The molecule has 4 aromatic rings. The molecule has 0 radical (unpaired) electrons. The van der Waals surface area contributed by atoms with Gasteiger partial charge in [-0.2, -0.15) is 0 Å². The molecule has 0 amide bonds. The monoisotopic (exact) mass is 463 g/mol. The Hall–Kier alpha value is -3.77. The highest BCUT2D eigenvalue weighted by atomic mass is 35.5. The minimum Gasteiger partial charge on any atom is -0.482 e. The Labute approximate surface area is 196 Å². The molecule has 4 rings (SSSR count). The first-order chi connectivity index (χ1) is 16.0. The van der Waals surface area contributed by atoms with Crippen molar-refractivity contribution in [1.29, 1.82) is 0 Å². The normalized spacial score (nSPS) is 10.8. The summed E-state index contributed by atoms with van der Waals surface area (Å²) in [6, 6.07) is 21.6. The quantitative estimate of drug-likeness (QED) is 0.258. The zero-order valence-corrected chi connectivity index (χ0v) is 19.0. The fraction of sp³-hybridized carbons (Fsp3) is 0.154.